The summed E-state index contributed by atoms with van der Waals surface area (Å²) in [5.74, 6) is -0.703. The quantitative estimate of drug-likeness (QED) is 0.336. The minimum atomic E-state index is -4.09. The van der Waals surface area contributed by atoms with Crippen LogP contribution in [-0.4, -0.2) is 43.8 Å². The maximum atomic E-state index is 14.1. The number of sulfonamides is 1. The molecule has 2 amide bonds. The van der Waals surface area contributed by atoms with Gasteiger partial charge in [-0.3, -0.25) is 13.9 Å². The molecule has 3 aromatic rings. The van der Waals surface area contributed by atoms with Gasteiger partial charge in [-0.05, 0) is 68.5 Å². The summed E-state index contributed by atoms with van der Waals surface area (Å²) >= 11 is 0. The standard InChI is InChI=1S/C31H39N3O4S/c1-6-24(4)32-31(36)28(7-2)33(21-26-16-10-8-11-17-26)30(35)22-34(29-20-14-15-23(3)25(29)5)39(37,38)27-18-12-9-13-19-27/h8-20,24,28H,6-7,21-22H2,1-5H3,(H,32,36). The van der Waals surface area contributed by atoms with E-state index in [1.54, 1.807) is 30.3 Å². The van der Waals surface area contributed by atoms with E-state index in [1.807, 2.05) is 71.0 Å². The van der Waals surface area contributed by atoms with Gasteiger partial charge >= 0.3 is 0 Å². The van der Waals surface area contributed by atoms with Crippen molar-refractivity contribution in [1.29, 1.82) is 0 Å². The van der Waals surface area contributed by atoms with Crippen molar-refractivity contribution in [3.05, 3.63) is 95.6 Å². The van der Waals surface area contributed by atoms with E-state index in [0.29, 0.717) is 12.1 Å². The average molecular weight is 550 g/mol. The van der Waals surface area contributed by atoms with Crippen LogP contribution in [0.2, 0.25) is 0 Å². The lowest BCUT2D eigenvalue weighted by atomic mass is 10.1. The first-order valence-electron chi connectivity index (χ1n) is 13.4. The van der Waals surface area contributed by atoms with E-state index in [9.17, 15) is 18.0 Å². The summed E-state index contributed by atoms with van der Waals surface area (Å²) in [6.45, 7) is 9.24. The summed E-state index contributed by atoms with van der Waals surface area (Å²) < 4.78 is 29.1. The number of benzene rings is 3. The zero-order valence-corrected chi connectivity index (χ0v) is 24.2. The largest absolute Gasteiger partial charge is 0.352 e. The van der Waals surface area contributed by atoms with Crippen molar-refractivity contribution in [1.82, 2.24) is 10.2 Å². The molecule has 0 fully saturated rings. The fourth-order valence-electron chi connectivity index (χ4n) is 4.38. The molecular weight excluding hydrogens is 510 g/mol. The van der Waals surface area contributed by atoms with Gasteiger partial charge in [0.1, 0.15) is 12.6 Å². The Morgan fingerprint density at radius 2 is 1.46 bits per heavy atom. The molecule has 3 rings (SSSR count). The van der Waals surface area contributed by atoms with E-state index in [2.05, 4.69) is 5.32 Å². The second kappa shape index (κ2) is 13.4. The third kappa shape index (κ3) is 7.26. The van der Waals surface area contributed by atoms with Gasteiger partial charge in [-0.15, -0.1) is 0 Å². The molecule has 0 bridgehead atoms. The monoisotopic (exact) mass is 549 g/mol. The molecule has 0 radical (unpaired) electrons. The van der Waals surface area contributed by atoms with Crippen LogP contribution in [0.4, 0.5) is 5.69 Å². The van der Waals surface area contributed by atoms with Crippen molar-refractivity contribution in [2.75, 3.05) is 10.8 Å². The van der Waals surface area contributed by atoms with Gasteiger partial charge in [0.2, 0.25) is 11.8 Å². The van der Waals surface area contributed by atoms with Crippen LogP contribution in [0.1, 0.15) is 50.3 Å². The Hall–Kier alpha value is -3.65. The number of nitrogens with one attached hydrogen (secondary N) is 1. The zero-order chi connectivity index (χ0) is 28.6. The predicted octanol–water partition coefficient (Wildman–Crippen LogP) is 5.22. The van der Waals surface area contributed by atoms with Crippen molar-refractivity contribution in [3.63, 3.8) is 0 Å². The van der Waals surface area contributed by atoms with Crippen LogP contribution in [0.25, 0.3) is 0 Å². The first-order valence-corrected chi connectivity index (χ1v) is 14.8. The van der Waals surface area contributed by atoms with E-state index in [1.165, 1.54) is 21.3 Å². The molecule has 208 valence electrons. The lowest BCUT2D eigenvalue weighted by molar-refractivity contribution is -0.140. The summed E-state index contributed by atoms with van der Waals surface area (Å²) in [7, 11) is -4.09. The van der Waals surface area contributed by atoms with Crippen LogP contribution in [-0.2, 0) is 26.2 Å². The van der Waals surface area contributed by atoms with Crippen molar-refractivity contribution in [3.8, 4) is 0 Å². The van der Waals surface area contributed by atoms with Crippen molar-refractivity contribution in [2.45, 2.75) is 71.0 Å². The van der Waals surface area contributed by atoms with Gasteiger partial charge in [0.25, 0.3) is 10.0 Å². The van der Waals surface area contributed by atoms with Crippen LogP contribution in [0.5, 0.6) is 0 Å². The molecule has 0 aliphatic heterocycles. The molecule has 1 N–H and O–H groups in total. The number of anilines is 1. The molecular formula is C31H39N3O4S. The Morgan fingerprint density at radius 3 is 2.05 bits per heavy atom. The second-order valence-corrected chi connectivity index (χ2v) is 11.7. The van der Waals surface area contributed by atoms with E-state index >= 15 is 0 Å². The Bertz CT molecular complexity index is 1360. The lowest BCUT2D eigenvalue weighted by Gasteiger charge is -2.34. The predicted molar refractivity (Wildman–Crippen MR) is 156 cm³/mol. The number of rotatable bonds is 12. The van der Waals surface area contributed by atoms with Gasteiger partial charge < -0.3 is 10.2 Å². The number of hydrogen-bond acceptors (Lipinski definition) is 4. The van der Waals surface area contributed by atoms with Crippen LogP contribution in [0, 0.1) is 13.8 Å². The molecule has 7 nitrogen and oxygen atoms in total. The molecule has 0 aromatic heterocycles. The summed E-state index contributed by atoms with van der Waals surface area (Å²) in [5, 5.41) is 2.99. The Morgan fingerprint density at radius 1 is 0.846 bits per heavy atom. The van der Waals surface area contributed by atoms with Crippen molar-refractivity contribution in [2.24, 2.45) is 0 Å². The normalized spacial score (nSPS) is 12.8. The molecule has 0 aliphatic carbocycles. The minimum absolute atomic E-state index is 0.0508. The van der Waals surface area contributed by atoms with Gasteiger partial charge in [-0.2, -0.15) is 0 Å². The fraction of sp³-hybridized carbons (Fsp3) is 0.355. The van der Waals surface area contributed by atoms with Crippen molar-refractivity contribution >= 4 is 27.5 Å². The molecule has 39 heavy (non-hydrogen) atoms. The second-order valence-electron chi connectivity index (χ2n) is 9.79. The SMILES string of the molecule is CCC(C)NC(=O)C(CC)N(Cc1ccccc1)C(=O)CN(c1cccc(C)c1C)S(=O)(=O)c1ccccc1. The summed E-state index contributed by atoms with van der Waals surface area (Å²) in [4.78, 5) is 29.0. The molecule has 0 saturated carbocycles. The number of aryl methyl sites for hydroxylation is 1. The summed E-state index contributed by atoms with van der Waals surface area (Å²) in [6, 6.07) is 22.1. The molecule has 3 aromatic carbocycles. The number of carbonyl (C=O) groups is 2. The summed E-state index contributed by atoms with van der Waals surface area (Å²) in [5.41, 5.74) is 2.96. The maximum absolute atomic E-state index is 14.1. The molecule has 0 saturated heterocycles. The van der Waals surface area contributed by atoms with Crippen LogP contribution in [0.3, 0.4) is 0 Å². The fourth-order valence-corrected chi connectivity index (χ4v) is 5.87. The molecule has 8 heteroatoms. The highest BCUT2D eigenvalue weighted by molar-refractivity contribution is 7.92. The van der Waals surface area contributed by atoms with Crippen LogP contribution >= 0.6 is 0 Å². The Labute approximate surface area is 232 Å². The molecule has 2 atom stereocenters. The number of carbonyl (C=O) groups excluding carboxylic acids is 2. The highest BCUT2D eigenvalue weighted by atomic mass is 32.2. The first-order chi connectivity index (χ1) is 18.6. The minimum Gasteiger partial charge on any atom is -0.352 e. The highest BCUT2D eigenvalue weighted by Gasteiger charge is 2.34. The van der Waals surface area contributed by atoms with E-state index in [0.717, 1.165) is 23.1 Å². The number of nitrogens with zero attached hydrogens (tertiary/aromatic N) is 2. The average Bonchev–Trinajstić information content (AvgIpc) is 2.94. The third-order valence-corrected chi connectivity index (χ3v) is 8.81. The smallest absolute Gasteiger partial charge is 0.264 e. The molecule has 0 heterocycles. The molecule has 2 unspecified atom stereocenters. The Kier molecular flexibility index (Phi) is 10.3. The van der Waals surface area contributed by atoms with Crippen LogP contribution < -0.4 is 9.62 Å². The van der Waals surface area contributed by atoms with E-state index in [-0.39, 0.29) is 23.4 Å². The van der Waals surface area contributed by atoms with Gasteiger partial charge in [0.15, 0.2) is 0 Å². The zero-order valence-electron chi connectivity index (χ0n) is 23.4. The van der Waals surface area contributed by atoms with E-state index < -0.39 is 28.5 Å². The maximum Gasteiger partial charge on any atom is 0.264 e. The number of amides is 2. The topological polar surface area (TPSA) is 86.8 Å². The lowest BCUT2D eigenvalue weighted by Crippen LogP contribution is -2.53. The highest BCUT2D eigenvalue weighted by Crippen LogP contribution is 2.29. The first kappa shape index (κ1) is 29.9. The van der Waals surface area contributed by atoms with Crippen molar-refractivity contribution < 1.29 is 18.0 Å². The van der Waals surface area contributed by atoms with Gasteiger partial charge in [-0.1, -0.05) is 74.5 Å². The summed E-state index contributed by atoms with van der Waals surface area (Å²) in [6.07, 6.45) is 1.14. The Balaban J connectivity index is 2.08. The van der Waals surface area contributed by atoms with Crippen LogP contribution in [0.15, 0.2) is 83.8 Å². The van der Waals surface area contributed by atoms with Gasteiger partial charge in [0.05, 0.1) is 10.6 Å². The third-order valence-electron chi connectivity index (χ3n) is 7.04. The number of hydrogen-bond donors (Lipinski definition) is 1. The van der Waals surface area contributed by atoms with E-state index in [4.69, 9.17) is 0 Å². The van der Waals surface area contributed by atoms with Gasteiger partial charge in [0, 0.05) is 12.6 Å². The molecule has 0 spiro atoms. The van der Waals surface area contributed by atoms with Gasteiger partial charge in [-0.25, -0.2) is 8.42 Å². The molecule has 0 aliphatic rings.